The molecule has 3 nitrogen and oxygen atoms in total. The third kappa shape index (κ3) is 4.18. The van der Waals surface area contributed by atoms with Crippen LogP contribution in [-0.4, -0.2) is 36.5 Å². The molecular formula is C13H26N2OS. The summed E-state index contributed by atoms with van der Waals surface area (Å²) in [5.74, 6) is 0.412. The fraction of sp³-hybridized carbons (Fsp3) is 0.923. The second-order valence-corrected chi connectivity index (χ2v) is 6.13. The van der Waals surface area contributed by atoms with Gasteiger partial charge < -0.3 is 10.6 Å². The van der Waals surface area contributed by atoms with Crippen molar-refractivity contribution >= 4 is 17.7 Å². The van der Waals surface area contributed by atoms with Crippen LogP contribution < -0.4 is 10.6 Å². The van der Waals surface area contributed by atoms with E-state index in [0.717, 1.165) is 45.3 Å². The van der Waals surface area contributed by atoms with Crippen molar-refractivity contribution in [2.45, 2.75) is 44.3 Å². The molecule has 17 heavy (non-hydrogen) atoms. The Labute approximate surface area is 109 Å². The summed E-state index contributed by atoms with van der Waals surface area (Å²) in [6.45, 7) is 7.11. The molecule has 0 aliphatic carbocycles. The van der Waals surface area contributed by atoms with Crippen LogP contribution in [0.3, 0.4) is 0 Å². The molecule has 4 heteroatoms. The Balaban J connectivity index is 2.40. The van der Waals surface area contributed by atoms with E-state index in [9.17, 15) is 4.79 Å². The summed E-state index contributed by atoms with van der Waals surface area (Å²) in [7, 11) is 0. The van der Waals surface area contributed by atoms with Gasteiger partial charge in [0, 0.05) is 17.8 Å². The van der Waals surface area contributed by atoms with Crippen molar-refractivity contribution in [1.29, 1.82) is 0 Å². The summed E-state index contributed by atoms with van der Waals surface area (Å²) in [4.78, 5) is 12.0. The zero-order chi connectivity index (χ0) is 12.7. The summed E-state index contributed by atoms with van der Waals surface area (Å²) < 4.78 is 0.220. The molecule has 0 unspecified atom stereocenters. The van der Waals surface area contributed by atoms with Crippen LogP contribution >= 0.6 is 11.8 Å². The van der Waals surface area contributed by atoms with Crippen molar-refractivity contribution in [3.8, 4) is 0 Å². The Kier molecular flexibility index (Phi) is 6.34. The van der Waals surface area contributed by atoms with Crippen LogP contribution in [0.5, 0.6) is 0 Å². The predicted octanol–water partition coefficient (Wildman–Crippen LogP) is 2.02. The number of carbonyl (C=O) groups excluding carboxylic acids is 1. The van der Waals surface area contributed by atoms with Gasteiger partial charge in [0.2, 0.25) is 5.91 Å². The molecule has 0 saturated carbocycles. The monoisotopic (exact) mass is 258 g/mol. The summed E-state index contributed by atoms with van der Waals surface area (Å²) in [6, 6.07) is 0. The number of amides is 1. The number of hydrogen-bond donors (Lipinski definition) is 2. The van der Waals surface area contributed by atoms with Crippen molar-refractivity contribution in [3.63, 3.8) is 0 Å². The van der Waals surface area contributed by atoms with Gasteiger partial charge in [-0.1, -0.05) is 13.8 Å². The molecule has 0 aromatic carbocycles. The molecule has 1 heterocycles. The molecule has 0 radical (unpaired) electrons. The molecule has 1 aliphatic rings. The minimum atomic E-state index is 0.178. The number of carbonyl (C=O) groups is 1. The van der Waals surface area contributed by atoms with E-state index in [-0.39, 0.29) is 16.6 Å². The maximum Gasteiger partial charge on any atom is 0.224 e. The Morgan fingerprint density at radius 3 is 2.65 bits per heavy atom. The van der Waals surface area contributed by atoms with Gasteiger partial charge in [-0.05, 0) is 38.5 Å². The van der Waals surface area contributed by atoms with Crippen LogP contribution in [0.15, 0.2) is 0 Å². The summed E-state index contributed by atoms with van der Waals surface area (Å²) in [5.41, 5.74) is 0. The smallest absolute Gasteiger partial charge is 0.224 e. The molecule has 1 fully saturated rings. The van der Waals surface area contributed by atoms with Crippen LogP contribution in [0.1, 0.15) is 39.5 Å². The van der Waals surface area contributed by atoms with Gasteiger partial charge in [0.05, 0.1) is 5.92 Å². The SMILES string of the molecule is CCC(CC)(CNC(=O)[C@H]1CCCNC1)SC. The molecule has 1 atom stereocenters. The Morgan fingerprint density at radius 2 is 2.18 bits per heavy atom. The first-order chi connectivity index (χ1) is 8.17. The predicted molar refractivity (Wildman–Crippen MR) is 75.4 cm³/mol. The fourth-order valence-corrected chi connectivity index (χ4v) is 3.12. The second kappa shape index (κ2) is 7.27. The van der Waals surface area contributed by atoms with E-state index in [4.69, 9.17) is 0 Å². The summed E-state index contributed by atoms with van der Waals surface area (Å²) in [5, 5.41) is 6.44. The van der Waals surface area contributed by atoms with E-state index in [0.29, 0.717) is 0 Å². The van der Waals surface area contributed by atoms with Crippen molar-refractivity contribution in [3.05, 3.63) is 0 Å². The van der Waals surface area contributed by atoms with Gasteiger partial charge in [-0.25, -0.2) is 0 Å². The van der Waals surface area contributed by atoms with E-state index in [2.05, 4.69) is 30.7 Å². The Hall–Kier alpha value is -0.220. The second-order valence-electron chi connectivity index (χ2n) is 4.86. The largest absolute Gasteiger partial charge is 0.354 e. The zero-order valence-electron chi connectivity index (χ0n) is 11.3. The molecule has 1 amide bonds. The van der Waals surface area contributed by atoms with Crippen LogP contribution in [0, 0.1) is 5.92 Å². The molecule has 0 aromatic heterocycles. The Morgan fingerprint density at radius 1 is 1.47 bits per heavy atom. The van der Waals surface area contributed by atoms with Gasteiger partial charge in [0.25, 0.3) is 0 Å². The van der Waals surface area contributed by atoms with Crippen molar-refractivity contribution in [2.75, 3.05) is 25.9 Å². The van der Waals surface area contributed by atoms with Gasteiger partial charge >= 0.3 is 0 Å². The first kappa shape index (κ1) is 14.8. The number of rotatable bonds is 6. The lowest BCUT2D eigenvalue weighted by atomic mass is 9.97. The highest BCUT2D eigenvalue weighted by atomic mass is 32.2. The maximum atomic E-state index is 12.0. The minimum absolute atomic E-state index is 0.178. The molecule has 0 spiro atoms. The third-order valence-corrected chi connectivity index (χ3v) is 5.56. The lowest BCUT2D eigenvalue weighted by Crippen LogP contribution is -2.45. The molecule has 1 saturated heterocycles. The Bertz CT molecular complexity index is 227. The van der Waals surface area contributed by atoms with Gasteiger partial charge in [-0.2, -0.15) is 11.8 Å². The van der Waals surface area contributed by atoms with Crippen LogP contribution in [0.4, 0.5) is 0 Å². The number of thioether (sulfide) groups is 1. The highest BCUT2D eigenvalue weighted by Gasteiger charge is 2.27. The molecular weight excluding hydrogens is 232 g/mol. The lowest BCUT2D eigenvalue weighted by Gasteiger charge is -2.31. The highest BCUT2D eigenvalue weighted by Crippen LogP contribution is 2.29. The standard InChI is InChI=1S/C13H26N2OS/c1-4-13(5-2,17-3)10-15-12(16)11-7-6-8-14-9-11/h11,14H,4-10H2,1-3H3,(H,15,16)/t11-/m0/s1. The van der Waals surface area contributed by atoms with Crippen molar-refractivity contribution < 1.29 is 4.79 Å². The van der Waals surface area contributed by atoms with Crippen LogP contribution in [-0.2, 0) is 4.79 Å². The van der Waals surface area contributed by atoms with E-state index in [1.54, 1.807) is 0 Å². The van der Waals surface area contributed by atoms with E-state index < -0.39 is 0 Å². The van der Waals surface area contributed by atoms with E-state index in [1.807, 2.05) is 11.8 Å². The fourth-order valence-electron chi connectivity index (χ4n) is 2.33. The molecule has 1 aliphatic heterocycles. The third-order valence-electron chi connectivity index (χ3n) is 3.97. The molecule has 0 aromatic rings. The average molecular weight is 258 g/mol. The number of hydrogen-bond acceptors (Lipinski definition) is 3. The van der Waals surface area contributed by atoms with Crippen LogP contribution in [0.2, 0.25) is 0 Å². The summed E-state index contributed by atoms with van der Waals surface area (Å²) in [6.07, 6.45) is 6.50. The van der Waals surface area contributed by atoms with E-state index >= 15 is 0 Å². The van der Waals surface area contributed by atoms with Gasteiger partial charge in [-0.3, -0.25) is 4.79 Å². The molecule has 0 bridgehead atoms. The molecule has 100 valence electrons. The molecule has 2 N–H and O–H groups in total. The number of nitrogens with one attached hydrogen (secondary N) is 2. The first-order valence-corrected chi connectivity index (χ1v) is 7.93. The number of piperidine rings is 1. The maximum absolute atomic E-state index is 12.0. The van der Waals surface area contributed by atoms with Crippen LogP contribution in [0.25, 0.3) is 0 Å². The first-order valence-electron chi connectivity index (χ1n) is 6.71. The summed E-state index contributed by atoms with van der Waals surface area (Å²) >= 11 is 1.88. The average Bonchev–Trinajstić information content (AvgIpc) is 2.41. The van der Waals surface area contributed by atoms with Gasteiger partial charge in [0.1, 0.15) is 0 Å². The van der Waals surface area contributed by atoms with Crippen molar-refractivity contribution in [2.24, 2.45) is 5.92 Å². The van der Waals surface area contributed by atoms with Crippen molar-refractivity contribution in [1.82, 2.24) is 10.6 Å². The van der Waals surface area contributed by atoms with E-state index in [1.165, 1.54) is 0 Å². The topological polar surface area (TPSA) is 41.1 Å². The lowest BCUT2D eigenvalue weighted by molar-refractivity contribution is -0.125. The quantitative estimate of drug-likeness (QED) is 0.766. The van der Waals surface area contributed by atoms with Gasteiger partial charge in [0.15, 0.2) is 0 Å². The minimum Gasteiger partial charge on any atom is -0.354 e. The zero-order valence-corrected chi connectivity index (χ0v) is 12.2. The highest BCUT2D eigenvalue weighted by molar-refractivity contribution is 8.00. The normalized spacial score (nSPS) is 21.2. The molecule has 1 rings (SSSR count). The van der Waals surface area contributed by atoms with Gasteiger partial charge in [-0.15, -0.1) is 0 Å².